The number of benzene rings is 1. The molecule has 10 heteroatoms. The molecule has 4 rings (SSSR count). The van der Waals surface area contributed by atoms with Gasteiger partial charge in [-0.3, -0.25) is 4.90 Å². The van der Waals surface area contributed by atoms with Gasteiger partial charge in [0.2, 0.25) is 20.0 Å². The molecule has 0 saturated carbocycles. The van der Waals surface area contributed by atoms with Crippen LogP contribution in [0.3, 0.4) is 0 Å². The van der Waals surface area contributed by atoms with Crippen LogP contribution in [0, 0.1) is 0 Å². The molecule has 1 aromatic carbocycles. The van der Waals surface area contributed by atoms with Gasteiger partial charge >= 0.3 is 0 Å². The van der Waals surface area contributed by atoms with Crippen LogP contribution in [0.5, 0.6) is 0 Å². The van der Waals surface area contributed by atoms with E-state index in [9.17, 15) is 16.8 Å². The minimum absolute atomic E-state index is 0.260. The molecule has 32 heavy (non-hydrogen) atoms. The summed E-state index contributed by atoms with van der Waals surface area (Å²) in [5.74, 6) is 0.777. The van der Waals surface area contributed by atoms with E-state index in [4.69, 9.17) is 0 Å². The molecule has 2 aliphatic rings. The largest absolute Gasteiger partial charge is 0.274 e. The van der Waals surface area contributed by atoms with Crippen LogP contribution in [0.4, 0.5) is 5.82 Å². The summed E-state index contributed by atoms with van der Waals surface area (Å²) in [5.41, 5.74) is 0.837. The molecule has 1 aromatic heterocycles. The molecule has 1 N–H and O–H groups in total. The molecule has 2 saturated heterocycles. The molecule has 172 valence electrons. The van der Waals surface area contributed by atoms with Gasteiger partial charge in [-0.2, -0.15) is 8.61 Å². The molecule has 0 spiro atoms. The Kier molecular flexibility index (Phi) is 6.94. The average Bonchev–Trinajstić information content (AvgIpc) is 2.84. The highest BCUT2D eigenvalue weighted by Crippen LogP contribution is 2.21. The average molecular weight is 478 g/mol. The van der Waals surface area contributed by atoms with E-state index < -0.39 is 20.0 Å². The van der Waals surface area contributed by atoms with E-state index >= 15 is 0 Å². The molecule has 3 heterocycles. The molecule has 0 atom stereocenters. The van der Waals surface area contributed by atoms with E-state index in [0.29, 0.717) is 39.3 Å². The summed E-state index contributed by atoms with van der Waals surface area (Å²) >= 11 is 0. The minimum Gasteiger partial charge on any atom is -0.259 e. The highest BCUT2D eigenvalue weighted by molar-refractivity contribution is 7.92. The van der Waals surface area contributed by atoms with Crippen molar-refractivity contribution in [3.8, 4) is 0 Å². The Bertz CT molecular complexity index is 1140. The zero-order valence-corrected chi connectivity index (χ0v) is 19.6. The quantitative estimate of drug-likeness (QED) is 0.633. The molecule has 0 bridgehead atoms. The smallest absolute Gasteiger partial charge is 0.259 e. The maximum Gasteiger partial charge on any atom is 0.274 e. The lowest BCUT2D eigenvalue weighted by Crippen LogP contribution is -2.49. The molecule has 2 fully saturated rings. The van der Waals surface area contributed by atoms with Crippen molar-refractivity contribution in [3.05, 3.63) is 59.6 Å². The third-order valence-corrected chi connectivity index (χ3v) is 9.35. The molecule has 0 amide bonds. The fourth-order valence-electron chi connectivity index (χ4n) is 4.01. The lowest BCUT2D eigenvalue weighted by Gasteiger charge is -2.29. The summed E-state index contributed by atoms with van der Waals surface area (Å²) < 4.78 is 53.9. The standard InChI is InChI=1S/C22H28N4O4S2/c27-31(28,18-11-20-7-3-1-4-8-20)25-16-14-24(15-17-25)22-10-9-21(19-23-22)32(29,30)26-12-5-2-6-13-26/h1,3-4,7-11,18-19H,2,5-6,12-17H2/p+1/b18-11+. The summed E-state index contributed by atoms with van der Waals surface area (Å²) in [6.07, 6.45) is 6.01. The number of nitrogens with one attached hydrogen (secondary N) is 1. The Labute approximate surface area is 190 Å². The van der Waals surface area contributed by atoms with Gasteiger partial charge in [0.15, 0.2) is 0 Å². The molecule has 2 aliphatic heterocycles. The van der Waals surface area contributed by atoms with E-state index in [1.807, 2.05) is 35.2 Å². The SMILES string of the molecule is O=S(=O)(/C=C/c1ccccc1)N1CCN(c2ccc(S(=O)(=O)N3CCCCC3)c[nH+]2)CC1. The van der Waals surface area contributed by atoms with E-state index in [1.54, 1.807) is 22.5 Å². The lowest BCUT2D eigenvalue weighted by atomic mass is 10.2. The predicted molar refractivity (Wildman–Crippen MR) is 124 cm³/mol. The first-order chi connectivity index (χ1) is 15.4. The first-order valence-corrected chi connectivity index (χ1v) is 13.8. The van der Waals surface area contributed by atoms with Crippen molar-refractivity contribution in [2.45, 2.75) is 24.2 Å². The zero-order valence-electron chi connectivity index (χ0n) is 17.9. The normalized spacial score (nSPS) is 19.4. The summed E-state index contributed by atoms with van der Waals surface area (Å²) in [5, 5.41) is 1.25. The fourth-order valence-corrected chi connectivity index (χ4v) is 6.67. The zero-order chi connectivity index (χ0) is 22.6. The predicted octanol–water partition coefficient (Wildman–Crippen LogP) is 1.80. The number of pyridine rings is 1. The van der Waals surface area contributed by atoms with Crippen molar-refractivity contribution in [2.75, 3.05) is 44.2 Å². The topological polar surface area (TPSA) is 92.1 Å². The second kappa shape index (κ2) is 9.70. The van der Waals surface area contributed by atoms with Crippen LogP contribution >= 0.6 is 0 Å². The van der Waals surface area contributed by atoms with Gasteiger partial charge in [0, 0.05) is 24.6 Å². The molecule has 2 aromatic rings. The van der Waals surface area contributed by atoms with Crippen molar-refractivity contribution in [1.29, 1.82) is 0 Å². The molecule has 0 aliphatic carbocycles. The third kappa shape index (κ3) is 5.20. The van der Waals surface area contributed by atoms with E-state index in [1.165, 1.54) is 15.9 Å². The number of aromatic nitrogens is 1. The van der Waals surface area contributed by atoms with Crippen LogP contribution in [0.15, 0.2) is 59.0 Å². The van der Waals surface area contributed by atoms with Crippen molar-refractivity contribution in [3.63, 3.8) is 0 Å². The van der Waals surface area contributed by atoms with Gasteiger partial charge < -0.3 is 0 Å². The van der Waals surface area contributed by atoms with Crippen molar-refractivity contribution >= 4 is 31.9 Å². The van der Waals surface area contributed by atoms with E-state index in [2.05, 4.69) is 4.98 Å². The summed E-state index contributed by atoms with van der Waals surface area (Å²) in [7, 11) is -6.97. The number of sulfonamides is 2. The number of H-pyrrole nitrogens is 1. The van der Waals surface area contributed by atoms with Crippen LogP contribution in [-0.4, -0.2) is 64.7 Å². The Balaban J connectivity index is 1.37. The number of anilines is 1. The van der Waals surface area contributed by atoms with Gasteiger partial charge in [-0.1, -0.05) is 36.8 Å². The first kappa shape index (κ1) is 22.9. The Morgan fingerprint density at radius 2 is 1.44 bits per heavy atom. The molecule has 0 unspecified atom stereocenters. The van der Waals surface area contributed by atoms with Gasteiger partial charge in [-0.15, -0.1) is 0 Å². The molecule has 0 radical (unpaired) electrons. The van der Waals surface area contributed by atoms with Crippen molar-refractivity contribution in [2.24, 2.45) is 0 Å². The fraction of sp³-hybridized carbons (Fsp3) is 0.409. The molecule has 8 nitrogen and oxygen atoms in total. The van der Waals surface area contributed by atoms with Crippen LogP contribution in [0.25, 0.3) is 6.08 Å². The highest BCUT2D eigenvalue weighted by Gasteiger charge is 2.31. The highest BCUT2D eigenvalue weighted by atomic mass is 32.2. The monoisotopic (exact) mass is 477 g/mol. The summed E-state index contributed by atoms with van der Waals surface area (Å²) in [4.78, 5) is 5.38. The minimum atomic E-state index is -3.49. The van der Waals surface area contributed by atoms with Gasteiger partial charge in [0.05, 0.1) is 26.2 Å². The number of nitrogens with zero attached hydrogens (tertiary/aromatic N) is 3. The second-order valence-corrected chi connectivity index (χ2v) is 11.8. The summed E-state index contributed by atoms with van der Waals surface area (Å²) in [6, 6.07) is 12.7. The number of hydrogen-bond acceptors (Lipinski definition) is 5. The number of rotatable bonds is 6. The van der Waals surface area contributed by atoms with Crippen LogP contribution in [0.2, 0.25) is 0 Å². The number of aromatic amines is 1. The maximum atomic E-state index is 12.8. The Hall–Kier alpha value is -2.27. The molecular weight excluding hydrogens is 448 g/mol. The van der Waals surface area contributed by atoms with Crippen LogP contribution in [-0.2, 0) is 20.0 Å². The lowest BCUT2D eigenvalue weighted by molar-refractivity contribution is -0.367. The van der Waals surface area contributed by atoms with Gasteiger partial charge in [-0.05, 0) is 30.5 Å². The Morgan fingerprint density at radius 3 is 2.06 bits per heavy atom. The number of piperidine rings is 1. The summed E-state index contributed by atoms with van der Waals surface area (Å²) in [6.45, 7) is 2.91. The Morgan fingerprint density at radius 1 is 0.750 bits per heavy atom. The number of hydrogen-bond donors (Lipinski definition) is 0. The van der Waals surface area contributed by atoms with Crippen LogP contribution < -0.4 is 9.88 Å². The second-order valence-electron chi connectivity index (χ2n) is 8.02. The maximum absolute atomic E-state index is 12.8. The van der Waals surface area contributed by atoms with Crippen molar-refractivity contribution in [1.82, 2.24) is 8.61 Å². The van der Waals surface area contributed by atoms with Gasteiger partial charge in [-0.25, -0.2) is 21.8 Å². The van der Waals surface area contributed by atoms with Gasteiger partial charge in [0.25, 0.3) is 5.82 Å². The number of piperazine rings is 1. The van der Waals surface area contributed by atoms with E-state index in [-0.39, 0.29) is 4.90 Å². The van der Waals surface area contributed by atoms with E-state index in [0.717, 1.165) is 30.6 Å². The molecular formula is C22H29N4O4S2+. The first-order valence-electron chi connectivity index (χ1n) is 10.9. The van der Waals surface area contributed by atoms with Crippen LogP contribution in [0.1, 0.15) is 24.8 Å². The van der Waals surface area contributed by atoms with Crippen molar-refractivity contribution < 1.29 is 21.8 Å². The third-order valence-electron chi connectivity index (χ3n) is 5.89. The van der Waals surface area contributed by atoms with Gasteiger partial charge in [0.1, 0.15) is 11.1 Å².